The SMILES string of the molecule is C=C(CCC(=O)N1N=CCC1c1cc(C)cc(F)c1)COc1ncc(C#N)cn1. The van der Waals surface area contributed by atoms with Gasteiger partial charge in [-0.05, 0) is 42.2 Å². The molecule has 0 N–H and O–H groups in total. The number of aromatic nitrogens is 2. The average molecular weight is 393 g/mol. The molecule has 1 aliphatic heterocycles. The van der Waals surface area contributed by atoms with E-state index in [1.165, 1.54) is 29.5 Å². The Hall–Kier alpha value is -3.60. The molecular formula is C21H20FN5O2. The van der Waals surface area contributed by atoms with Gasteiger partial charge in [0.25, 0.3) is 0 Å². The van der Waals surface area contributed by atoms with Crippen molar-refractivity contribution in [2.24, 2.45) is 5.10 Å². The largest absolute Gasteiger partial charge is 0.459 e. The third-order valence-corrected chi connectivity index (χ3v) is 4.39. The molecule has 3 rings (SSSR count). The minimum absolute atomic E-state index is 0.141. The monoisotopic (exact) mass is 393 g/mol. The molecule has 148 valence electrons. The predicted molar refractivity (Wildman–Crippen MR) is 104 cm³/mol. The molecule has 0 fully saturated rings. The van der Waals surface area contributed by atoms with Gasteiger partial charge in [-0.3, -0.25) is 4.79 Å². The van der Waals surface area contributed by atoms with Gasteiger partial charge in [-0.15, -0.1) is 0 Å². The lowest BCUT2D eigenvalue weighted by Gasteiger charge is -2.23. The summed E-state index contributed by atoms with van der Waals surface area (Å²) in [6.07, 6.45) is 5.58. The Morgan fingerprint density at radius 2 is 2.10 bits per heavy atom. The van der Waals surface area contributed by atoms with Crippen molar-refractivity contribution in [3.05, 3.63) is 65.3 Å². The summed E-state index contributed by atoms with van der Waals surface area (Å²) >= 11 is 0. The number of halogens is 1. The number of nitrogens with zero attached hydrogens (tertiary/aromatic N) is 5. The summed E-state index contributed by atoms with van der Waals surface area (Å²) in [6, 6.07) is 6.53. The van der Waals surface area contributed by atoms with E-state index in [1.807, 2.05) is 19.1 Å². The minimum atomic E-state index is -0.324. The Bertz CT molecular complexity index is 961. The van der Waals surface area contributed by atoms with Crippen molar-refractivity contribution >= 4 is 12.1 Å². The summed E-state index contributed by atoms with van der Waals surface area (Å²) < 4.78 is 19.1. The third-order valence-electron chi connectivity index (χ3n) is 4.39. The molecule has 8 heteroatoms. The molecule has 1 aromatic carbocycles. The molecule has 0 aliphatic carbocycles. The minimum Gasteiger partial charge on any atom is -0.459 e. The fourth-order valence-electron chi connectivity index (χ4n) is 2.97. The van der Waals surface area contributed by atoms with E-state index in [-0.39, 0.29) is 36.8 Å². The standard InChI is InChI=1S/C21H20FN5O2/c1-14(13-29-21-24-11-16(10-23)12-25-21)3-4-20(28)27-19(5-6-26-27)17-7-15(2)8-18(22)9-17/h6-9,11-12,19H,1,3-5,13H2,2H3. The molecule has 2 aromatic rings. The second-order valence-electron chi connectivity index (χ2n) is 6.75. The van der Waals surface area contributed by atoms with E-state index in [9.17, 15) is 9.18 Å². The first kappa shape index (κ1) is 20.1. The first-order valence-electron chi connectivity index (χ1n) is 9.09. The Balaban J connectivity index is 1.51. The van der Waals surface area contributed by atoms with Crippen molar-refractivity contribution in [3.63, 3.8) is 0 Å². The molecule has 1 aromatic heterocycles. The van der Waals surface area contributed by atoms with Gasteiger partial charge in [-0.25, -0.2) is 19.4 Å². The Morgan fingerprint density at radius 3 is 2.79 bits per heavy atom. The van der Waals surface area contributed by atoms with E-state index >= 15 is 0 Å². The number of nitriles is 1. The summed E-state index contributed by atoms with van der Waals surface area (Å²) in [5.41, 5.74) is 2.58. The van der Waals surface area contributed by atoms with Crippen LogP contribution in [0.3, 0.4) is 0 Å². The lowest BCUT2D eigenvalue weighted by atomic mass is 10.0. The first-order valence-corrected chi connectivity index (χ1v) is 9.09. The highest BCUT2D eigenvalue weighted by Gasteiger charge is 2.28. The zero-order valence-electron chi connectivity index (χ0n) is 16.0. The molecule has 1 aliphatic rings. The number of ether oxygens (including phenoxy) is 1. The number of hydrogen-bond acceptors (Lipinski definition) is 6. The molecule has 0 saturated heterocycles. The molecular weight excluding hydrogens is 373 g/mol. The number of benzene rings is 1. The fraction of sp³-hybridized carbons (Fsp3) is 0.286. The summed E-state index contributed by atoms with van der Waals surface area (Å²) in [5.74, 6) is -0.490. The second kappa shape index (κ2) is 9.06. The van der Waals surface area contributed by atoms with Crippen LogP contribution in [0.25, 0.3) is 0 Å². The molecule has 0 saturated carbocycles. The number of amides is 1. The summed E-state index contributed by atoms with van der Waals surface area (Å²) in [7, 11) is 0. The number of hydrogen-bond donors (Lipinski definition) is 0. The van der Waals surface area contributed by atoms with Crippen molar-refractivity contribution in [1.82, 2.24) is 15.0 Å². The van der Waals surface area contributed by atoms with E-state index in [1.54, 1.807) is 6.21 Å². The van der Waals surface area contributed by atoms with Crippen LogP contribution in [-0.2, 0) is 4.79 Å². The highest BCUT2D eigenvalue weighted by molar-refractivity contribution is 5.80. The van der Waals surface area contributed by atoms with Crippen molar-refractivity contribution in [3.8, 4) is 12.1 Å². The number of hydrazone groups is 1. The first-order chi connectivity index (χ1) is 14.0. The molecule has 1 unspecified atom stereocenters. The van der Waals surface area contributed by atoms with Crippen LogP contribution < -0.4 is 4.74 Å². The van der Waals surface area contributed by atoms with Crippen LogP contribution in [0.1, 0.15) is 42.0 Å². The zero-order chi connectivity index (χ0) is 20.8. The van der Waals surface area contributed by atoms with Crippen molar-refractivity contribution in [2.75, 3.05) is 6.61 Å². The Labute approximate surface area is 168 Å². The van der Waals surface area contributed by atoms with Gasteiger partial charge in [0, 0.05) is 19.1 Å². The maximum atomic E-state index is 13.7. The van der Waals surface area contributed by atoms with Crippen LogP contribution in [0.2, 0.25) is 0 Å². The smallest absolute Gasteiger partial charge is 0.316 e. The lowest BCUT2D eigenvalue weighted by Crippen LogP contribution is -2.27. The van der Waals surface area contributed by atoms with Gasteiger partial charge in [0.15, 0.2) is 0 Å². The maximum absolute atomic E-state index is 13.7. The maximum Gasteiger partial charge on any atom is 0.316 e. The normalized spacial score (nSPS) is 15.2. The van der Waals surface area contributed by atoms with Crippen molar-refractivity contribution in [2.45, 2.75) is 32.2 Å². The van der Waals surface area contributed by atoms with E-state index in [4.69, 9.17) is 10.00 Å². The third kappa shape index (κ3) is 5.23. The van der Waals surface area contributed by atoms with Gasteiger partial charge in [0.1, 0.15) is 18.5 Å². The molecule has 1 amide bonds. The molecule has 0 bridgehead atoms. The van der Waals surface area contributed by atoms with Gasteiger partial charge in [0.05, 0.1) is 24.0 Å². The predicted octanol–water partition coefficient (Wildman–Crippen LogP) is 3.47. The van der Waals surface area contributed by atoms with Gasteiger partial charge >= 0.3 is 6.01 Å². The number of carbonyl (C=O) groups is 1. The van der Waals surface area contributed by atoms with Crippen LogP contribution >= 0.6 is 0 Å². The Morgan fingerprint density at radius 1 is 1.34 bits per heavy atom. The van der Waals surface area contributed by atoms with Crippen LogP contribution in [0.5, 0.6) is 6.01 Å². The summed E-state index contributed by atoms with van der Waals surface area (Å²) in [4.78, 5) is 20.5. The van der Waals surface area contributed by atoms with E-state index in [2.05, 4.69) is 21.6 Å². The number of carbonyl (C=O) groups excluding carboxylic acids is 1. The van der Waals surface area contributed by atoms with E-state index in [0.717, 1.165) is 11.1 Å². The second-order valence-corrected chi connectivity index (χ2v) is 6.75. The molecule has 1 atom stereocenters. The van der Waals surface area contributed by atoms with Gasteiger partial charge in [-0.2, -0.15) is 10.4 Å². The molecule has 7 nitrogen and oxygen atoms in total. The highest BCUT2D eigenvalue weighted by atomic mass is 19.1. The van der Waals surface area contributed by atoms with Crippen LogP contribution in [0.15, 0.2) is 47.8 Å². The van der Waals surface area contributed by atoms with Crippen LogP contribution in [-0.4, -0.2) is 33.7 Å². The van der Waals surface area contributed by atoms with Crippen LogP contribution in [0.4, 0.5) is 4.39 Å². The van der Waals surface area contributed by atoms with Crippen LogP contribution in [0, 0.1) is 24.1 Å². The number of rotatable bonds is 7. The number of aryl methyl sites for hydroxylation is 1. The lowest BCUT2D eigenvalue weighted by molar-refractivity contribution is -0.133. The summed E-state index contributed by atoms with van der Waals surface area (Å²) in [6.45, 7) is 5.89. The topological polar surface area (TPSA) is 91.5 Å². The molecule has 0 radical (unpaired) electrons. The van der Waals surface area contributed by atoms with E-state index < -0.39 is 0 Å². The zero-order valence-corrected chi connectivity index (χ0v) is 16.0. The molecule has 2 heterocycles. The van der Waals surface area contributed by atoms with Gasteiger partial charge < -0.3 is 4.74 Å². The Kier molecular flexibility index (Phi) is 6.29. The molecule has 0 spiro atoms. The van der Waals surface area contributed by atoms with E-state index in [0.29, 0.717) is 24.0 Å². The average Bonchev–Trinajstić information content (AvgIpc) is 3.20. The fourth-order valence-corrected chi connectivity index (χ4v) is 2.97. The van der Waals surface area contributed by atoms with Gasteiger partial charge in [0.2, 0.25) is 5.91 Å². The quantitative estimate of drug-likeness (QED) is 0.672. The molecule has 29 heavy (non-hydrogen) atoms. The van der Waals surface area contributed by atoms with Crippen molar-refractivity contribution in [1.29, 1.82) is 5.26 Å². The van der Waals surface area contributed by atoms with Gasteiger partial charge in [-0.1, -0.05) is 12.6 Å². The highest BCUT2D eigenvalue weighted by Crippen LogP contribution is 2.30. The van der Waals surface area contributed by atoms with Crippen molar-refractivity contribution < 1.29 is 13.9 Å². The summed E-state index contributed by atoms with van der Waals surface area (Å²) in [5, 5.41) is 14.3.